The zero-order valence-electron chi connectivity index (χ0n) is 24.3. The molecule has 0 heterocycles. The first-order chi connectivity index (χ1) is 19.2. The minimum Gasteiger partial charge on any atom is -0.428 e. The van der Waals surface area contributed by atoms with Crippen molar-refractivity contribution < 1.29 is 38.6 Å². The van der Waals surface area contributed by atoms with Crippen molar-refractivity contribution >= 4 is 12.3 Å². The lowest BCUT2D eigenvalue weighted by Crippen LogP contribution is -2.29. The molecule has 2 aromatic carbocycles. The Labute approximate surface area is 238 Å². The van der Waals surface area contributed by atoms with E-state index in [1.54, 1.807) is 0 Å². The molecular formula is C32H44O8. The summed E-state index contributed by atoms with van der Waals surface area (Å²) in [5.41, 5.74) is 1.19. The highest BCUT2D eigenvalue weighted by molar-refractivity contribution is 5.63. The summed E-state index contributed by atoms with van der Waals surface area (Å²) in [6.45, 7) is 8.01. The van der Waals surface area contributed by atoms with E-state index in [9.17, 15) is 9.59 Å². The van der Waals surface area contributed by atoms with Gasteiger partial charge in [0.25, 0.3) is 0 Å². The van der Waals surface area contributed by atoms with E-state index in [2.05, 4.69) is 9.78 Å². The van der Waals surface area contributed by atoms with Gasteiger partial charge in [-0.2, -0.15) is 19.4 Å². The lowest BCUT2D eigenvalue weighted by Gasteiger charge is -2.31. The van der Waals surface area contributed by atoms with Gasteiger partial charge in [0, 0.05) is 0 Å². The normalized spacial score (nSPS) is 16.7. The Hall–Kier alpha value is -3.10. The van der Waals surface area contributed by atoms with Gasteiger partial charge in [0.1, 0.15) is 23.4 Å². The molecule has 0 amide bonds. The van der Waals surface area contributed by atoms with Gasteiger partial charge >= 0.3 is 12.3 Å². The van der Waals surface area contributed by atoms with E-state index in [1.807, 2.05) is 88.4 Å². The minimum atomic E-state index is -0.975. The van der Waals surface area contributed by atoms with E-state index in [4.69, 9.17) is 19.2 Å². The highest BCUT2D eigenvalue weighted by atomic mass is 17.3. The zero-order chi connectivity index (χ0) is 28.8. The second-order valence-electron chi connectivity index (χ2n) is 11.3. The fourth-order valence-corrected chi connectivity index (χ4v) is 4.73. The van der Waals surface area contributed by atoms with E-state index in [1.165, 1.54) is 12.8 Å². The van der Waals surface area contributed by atoms with Crippen LogP contribution in [-0.2, 0) is 40.2 Å². The Kier molecular flexibility index (Phi) is 12.3. The number of carbonyl (C=O) groups is 2. The molecule has 0 aromatic heterocycles. The van der Waals surface area contributed by atoms with Gasteiger partial charge in [-0.1, -0.05) is 73.5 Å². The van der Waals surface area contributed by atoms with Gasteiger partial charge in [0.15, 0.2) is 0 Å². The third kappa shape index (κ3) is 10.8. The van der Waals surface area contributed by atoms with Crippen LogP contribution in [0.1, 0.15) is 103 Å². The molecule has 2 aromatic rings. The Morgan fingerprint density at radius 3 is 1.20 bits per heavy atom. The van der Waals surface area contributed by atoms with Gasteiger partial charge in [-0.25, -0.2) is 9.78 Å². The molecular weight excluding hydrogens is 512 g/mol. The van der Waals surface area contributed by atoms with Crippen molar-refractivity contribution in [2.75, 3.05) is 0 Å². The quantitative estimate of drug-likeness (QED) is 0.190. The summed E-state index contributed by atoms with van der Waals surface area (Å²) >= 11 is 0. The van der Waals surface area contributed by atoms with Crippen LogP contribution in [0, 0.1) is 0 Å². The van der Waals surface area contributed by atoms with Crippen molar-refractivity contribution in [3.8, 4) is 0 Å². The maximum Gasteiger partial charge on any atom is 0.550 e. The Morgan fingerprint density at radius 2 is 0.875 bits per heavy atom. The Morgan fingerprint density at radius 1 is 0.550 bits per heavy atom. The van der Waals surface area contributed by atoms with Crippen LogP contribution < -0.4 is 0 Å². The first-order valence-electron chi connectivity index (χ1n) is 14.4. The van der Waals surface area contributed by atoms with Crippen LogP contribution in [-0.4, -0.2) is 24.5 Å². The van der Waals surface area contributed by atoms with Crippen LogP contribution in [0.15, 0.2) is 60.7 Å². The lowest BCUT2D eigenvalue weighted by atomic mass is 9.98. The number of ether oxygens (including phenoxy) is 2. The lowest BCUT2D eigenvalue weighted by molar-refractivity contribution is -0.410. The molecule has 40 heavy (non-hydrogen) atoms. The Balaban J connectivity index is 0.000000220. The SMILES string of the molecule is CC(C)(OOC(C)(C)c1ccccc1)c1ccccc1.O=C(OOC(=O)OC1CCCCC1)OC1CCCCC1. The molecule has 2 saturated carbocycles. The molecule has 8 nitrogen and oxygen atoms in total. The summed E-state index contributed by atoms with van der Waals surface area (Å²) in [6, 6.07) is 20.2. The van der Waals surface area contributed by atoms with E-state index >= 15 is 0 Å². The van der Waals surface area contributed by atoms with Gasteiger partial charge in [-0.15, -0.1) is 0 Å². The summed E-state index contributed by atoms with van der Waals surface area (Å²) in [5.74, 6) is 0. The molecule has 0 unspecified atom stereocenters. The van der Waals surface area contributed by atoms with Gasteiger partial charge in [-0.3, -0.25) is 0 Å². The summed E-state index contributed by atoms with van der Waals surface area (Å²) in [5, 5.41) is 0. The van der Waals surface area contributed by atoms with Crippen molar-refractivity contribution in [1.29, 1.82) is 0 Å². The minimum absolute atomic E-state index is 0.130. The molecule has 0 spiro atoms. The molecule has 2 fully saturated rings. The van der Waals surface area contributed by atoms with Crippen LogP contribution in [0.25, 0.3) is 0 Å². The molecule has 220 valence electrons. The van der Waals surface area contributed by atoms with Crippen LogP contribution >= 0.6 is 0 Å². The third-order valence-corrected chi connectivity index (χ3v) is 7.20. The number of benzene rings is 2. The monoisotopic (exact) mass is 556 g/mol. The first-order valence-corrected chi connectivity index (χ1v) is 14.4. The van der Waals surface area contributed by atoms with Crippen molar-refractivity contribution in [2.45, 2.75) is 115 Å². The second kappa shape index (κ2) is 15.6. The van der Waals surface area contributed by atoms with E-state index in [0.29, 0.717) is 0 Å². The average Bonchev–Trinajstić information content (AvgIpc) is 2.98. The maximum atomic E-state index is 11.3. The predicted molar refractivity (Wildman–Crippen MR) is 150 cm³/mol. The Bertz CT molecular complexity index is 926. The highest BCUT2D eigenvalue weighted by Crippen LogP contribution is 2.31. The standard InChI is InChI=1S/C18H22O2.C14H22O6/c1-17(2,15-11-7-5-8-12-15)19-20-18(3,4)16-13-9-6-10-14-16;15-13(17-11-7-3-1-4-8-11)19-20-14(16)18-12-9-5-2-6-10-12/h5-14H,1-4H3;11-12H,1-10H2. The average molecular weight is 557 g/mol. The smallest absolute Gasteiger partial charge is 0.428 e. The van der Waals surface area contributed by atoms with Gasteiger partial charge < -0.3 is 9.47 Å². The summed E-state index contributed by atoms with van der Waals surface area (Å²) in [6.07, 6.45) is 7.64. The van der Waals surface area contributed by atoms with Crippen LogP contribution in [0.2, 0.25) is 0 Å². The molecule has 0 aliphatic heterocycles. The van der Waals surface area contributed by atoms with Crippen molar-refractivity contribution in [2.24, 2.45) is 0 Å². The number of rotatable bonds is 7. The third-order valence-electron chi connectivity index (χ3n) is 7.20. The predicted octanol–water partition coefficient (Wildman–Crippen LogP) is 8.68. The summed E-state index contributed by atoms with van der Waals surface area (Å²) in [4.78, 5) is 42.8. The molecule has 0 atom stereocenters. The zero-order valence-corrected chi connectivity index (χ0v) is 24.3. The van der Waals surface area contributed by atoms with Gasteiger partial charge in [-0.05, 0) is 90.2 Å². The highest BCUT2D eigenvalue weighted by Gasteiger charge is 2.29. The topological polar surface area (TPSA) is 89.5 Å². The molecule has 0 N–H and O–H groups in total. The fourth-order valence-electron chi connectivity index (χ4n) is 4.73. The van der Waals surface area contributed by atoms with Crippen LogP contribution in [0.3, 0.4) is 0 Å². The van der Waals surface area contributed by atoms with E-state index < -0.39 is 23.5 Å². The van der Waals surface area contributed by atoms with E-state index in [0.717, 1.165) is 62.5 Å². The van der Waals surface area contributed by atoms with Crippen molar-refractivity contribution in [3.05, 3.63) is 71.8 Å². The largest absolute Gasteiger partial charge is 0.550 e. The molecule has 0 radical (unpaired) electrons. The second-order valence-corrected chi connectivity index (χ2v) is 11.3. The van der Waals surface area contributed by atoms with Gasteiger partial charge in [0.05, 0.1) is 0 Å². The molecule has 4 rings (SSSR count). The van der Waals surface area contributed by atoms with Crippen LogP contribution in [0.4, 0.5) is 9.59 Å². The molecule has 0 saturated heterocycles. The number of carbonyl (C=O) groups excluding carboxylic acids is 2. The number of hydrogen-bond donors (Lipinski definition) is 0. The number of hydrogen-bond acceptors (Lipinski definition) is 8. The first kappa shape index (κ1) is 31.4. The fraction of sp³-hybridized carbons (Fsp3) is 0.562. The van der Waals surface area contributed by atoms with E-state index in [-0.39, 0.29) is 12.2 Å². The van der Waals surface area contributed by atoms with Crippen molar-refractivity contribution in [1.82, 2.24) is 0 Å². The molecule has 0 bridgehead atoms. The van der Waals surface area contributed by atoms with Crippen molar-refractivity contribution in [3.63, 3.8) is 0 Å². The summed E-state index contributed by atoms with van der Waals surface area (Å²) in [7, 11) is 0. The molecule has 2 aliphatic carbocycles. The summed E-state index contributed by atoms with van der Waals surface area (Å²) < 4.78 is 10.1. The van der Waals surface area contributed by atoms with Gasteiger partial charge in [0.2, 0.25) is 0 Å². The molecule has 8 heteroatoms. The molecule has 2 aliphatic rings. The van der Waals surface area contributed by atoms with Crippen LogP contribution in [0.5, 0.6) is 0 Å². The maximum absolute atomic E-state index is 11.3.